The molecular formula is C16H19NO3. The molecule has 20 heavy (non-hydrogen) atoms. The van der Waals surface area contributed by atoms with Gasteiger partial charge in [0.1, 0.15) is 6.04 Å². The summed E-state index contributed by atoms with van der Waals surface area (Å²) >= 11 is 0. The summed E-state index contributed by atoms with van der Waals surface area (Å²) in [4.78, 5) is 22.7. The zero-order valence-corrected chi connectivity index (χ0v) is 11.5. The first kappa shape index (κ1) is 14.3. The third-order valence-corrected chi connectivity index (χ3v) is 3.47. The van der Waals surface area contributed by atoms with Crippen molar-refractivity contribution in [2.75, 3.05) is 0 Å². The van der Waals surface area contributed by atoms with Crippen molar-refractivity contribution in [3.8, 4) is 0 Å². The van der Waals surface area contributed by atoms with Gasteiger partial charge in [-0.25, -0.2) is 4.79 Å². The number of hydrogen-bond donors (Lipinski definition) is 2. The van der Waals surface area contributed by atoms with Crippen molar-refractivity contribution in [1.29, 1.82) is 0 Å². The van der Waals surface area contributed by atoms with Crippen molar-refractivity contribution in [1.82, 2.24) is 5.32 Å². The highest BCUT2D eigenvalue weighted by molar-refractivity contribution is 5.94. The monoisotopic (exact) mass is 273 g/mol. The zero-order chi connectivity index (χ0) is 14.5. The van der Waals surface area contributed by atoms with Gasteiger partial charge in [-0.1, -0.05) is 31.2 Å². The minimum atomic E-state index is -0.957. The molecule has 4 heteroatoms. The normalized spacial score (nSPS) is 16.1. The first-order valence-corrected chi connectivity index (χ1v) is 6.90. The van der Waals surface area contributed by atoms with E-state index in [0.29, 0.717) is 0 Å². The van der Waals surface area contributed by atoms with Gasteiger partial charge in [-0.05, 0) is 42.4 Å². The van der Waals surface area contributed by atoms with Crippen LogP contribution < -0.4 is 5.32 Å². The van der Waals surface area contributed by atoms with Crippen LogP contribution in [0, 0.1) is 5.92 Å². The van der Waals surface area contributed by atoms with Crippen LogP contribution in [0.15, 0.2) is 30.3 Å². The van der Waals surface area contributed by atoms with Crippen molar-refractivity contribution < 1.29 is 14.7 Å². The summed E-state index contributed by atoms with van der Waals surface area (Å²) in [6, 6.07) is 7.16. The van der Waals surface area contributed by atoms with Crippen LogP contribution in [0.2, 0.25) is 0 Å². The van der Waals surface area contributed by atoms with Gasteiger partial charge in [0.05, 0.1) is 0 Å². The van der Waals surface area contributed by atoms with Crippen molar-refractivity contribution in [2.45, 2.75) is 32.2 Å². The molecule has 1 aliphatic carbocycles. The van der Waals surface area contributed by atoms with E-state index in [1.54, 1.807) is 6.08 Å². The minimum absolute atomic E-state index is 0.0914. The maximum atomic E-state index is 11.7. The quantitative estimate of drug-likeness (QED) is 0.781. The highest BCUT2D eigenvalue weighted by Gasteiger charge is 2.36. The van der Waals surface area contributed by atoms with Crippen molar-refractivity contribution in [3.63, 3.8) is 0 Å². The molecule has 1 amide bonds. The number of carbonyl (C=O) groups is 2. The summed E-state index contributed by atoms with van der Waals surface area (Å²) in [5.41, 5.74) is 2.17. The molecule has 1 aromatic carbocycles. The fourth-order valence-electron chi connectivity index (χ4n) is 2.05. The molecule has 106 valence electrons. The molecule has 1 unspecified atom stereocenters. The molecule has 2 N–H and O–H groups in total. The number of aryl methyl sites for hydroxylation is 1. The molecule has 1 saturated carbocycles. The summed E-state index contributed by atoms with van der Waals surface area (Å²) < 4.78 is 0. The van der Waals surface area contributed by atoms with E-state index in [9.17, 15) is 9.59 Å². The lowest BCUT2D eigenvalue weighted by molar-refractivity contribution is -0.141. The summed E-state index contributed by atoms with van der Waals surface area (Å²) in [6.07, 6.45) is 5.81. The zero-order valence-electron chi connectivity index (χ0n) is 11.5. The predicted molar refractivity (Wildman–Crippen MR) is 77.1 cm³/mol. The number of carboxylic acid groups (broad SMARTS) is 1. The lowest BCUT2D eigenvalue weighted by atomic mass is 10.1. The second-order valence-corrected chi connectivity index (χ2v) is 5.09. The van der Waals surface area contributed by atoms with Gasteiger partial charge in [0, 0.05) is 6.08 Å². The number of aliphatic carboxylic acids is 1. The largest absolute Gasteiger partial charge is 0.480 e. The van der Waals surface area contributed by atoms with Gasteiger partial charge in [0.15, 0.2) is 0 Å². The van der Waals surface area contributed by atoms with Crippen LogP contribution in [0.3, 0.4) is 0 Å². The molecule has 1 aliphatic rings. The molecule has 0 saturated heterocycles. The first-order valence-electron chi connectivity index (χ1n) is 6.90. The molecule has 1 aromatic rings. The topological polar surface area (TPSA) is 66.4 Å². The number of nitrogens with one attached hydrogen (secondary N) is 1. The third kappa shape index (κ3) is 3.95. The molecule has 0 bridgehead atoms. The Labute approximate surface area is 118 Å². The van der Waals surface area contributed by atoms with E-state index in [0.717, 1.165) is 24.8 Å². The molecule has 2 rings (SSSR count). The Bertz CT molecular complexity index is 515. The molecule has 0 spiro atoms. The Morgan fingerprint density at radius 1 is 1.35 bits per heavy atom. The molecule has 0 radical (unpaired) electrons. The number of rotatable bonds is 6. The summed E-state index contributed by atoms with van der Waals surface area (Å²) in [7, 11) is 0. The van der Waals surface area contributed by atoms with Gasteiger partial charge in [0.2, 0.25) is 5.91 Å². The van der Waals surface area contributed by atoms with E-state index in [1.807, 2.05) is 24.3 Å². The third-order valence-electron chi connectivity index (χ3n) is 3.47. The molecule has 0 aromatic heterocycles. The Morgan fingerprint density at radius 2 is 2.00 bits per heavy atom. The number of hydrogen-bond acceptors (Lipinski definition) is 2. The van der Waals surface area contributed by atoms with Crippen LogP contribution in [-0.4, -0.2) is 23.0 Å². The summed E-state index contributed by atoms with van der Waals surface area (Å²) in [6.45, 7) is 2.09. The number of carboxylic acids is 1. The molecule has 0 aliphatic heterocycles. The van der Waals surface area contributed by atoms with E-state index >= 15 is 0 Å². The second-order valence-electron chi connectivity index (χ2n) is 5.09. The SMILES string of the molecule is CCc1ccc(C=CC(=O)NC(C(=O)O)C2CC2)cc1. The van der Waals surface area contributed by atoms with Crippen LogP contribution in [0.4, 0.5) is 0 Å². The molecular weight excluding hydrogens is 254 g/mol. The molecule has 0 heterocycles. The summed E-state index contributed by atoms with van der Waals surface area (Å²) in [5, 5.41) is 11.6. The average molecular weight is 273 g/mol. The Hall–Kier alpha value is -2.10. The maximum Gasteiger partial charge on any atom is 0.326 e. The molecule has 1 atom stereocenters. The second kappa shape index (κ2) is 6.37. The Morgan fingerprint density at radius 3 is 2.50 bits per heavy atom. The van der Waals surface area contributed by atoms with Gasteiger partial charge in [-0.2, -0.15) is 0 Å². The van der Waals surface area contributed by atoms with E-state index in [4.69, 9.17) is 5.11 Å². The van der Waals surface area contributed by atoms with Crippen LogP contribution >= 0.6 is 0 Å². The highest BCUT2D eigenvalue weighted by Crippen LogP contribution is 2.32. The Kier molecular flexibility index (Phi) is 4.56. The Balaban J connectivity index is 1.92. The van der Waals surface area contributed by atoms with Gasteiger partial charge >= 0.3 is 5.97 Å². The van der Waals surface area contributed by atoms with Crippen LogP contribution in [0.25, 0.3) is 6.08 Å². The standard InChI is InChI=1S/C16H19NO3/c1-2-11-3-5-12(6-4-11)7-10-14(18)17-15(16(19)20)13-8-9-13/h3-7,10,13,15H,2,8-9H2,1H3,(H,17,18)(H,19,20). The highest BCUT2D eigenvalue weighted by atomic mass is 16.4. The van der Waals surface area contributed by atoms with E-state index in [-0.39, 0.29) is 11.8 Å². The van der Waals surface area contributed by atoms with Crippen LogP contribution in [0.1, 0.15) is 30.9 Å². The van der Waals surface area contributed by atoms with Gasteiger partial charge in [0.25, 0.3) is 0 Å². The fourth-order valence-corrected chi connectivity index (χ4v) is 2.05. The van der Waals surface area contributed by atoms with Gasteiger partial charge < -0.3 is 10.4 Å². The van der Waals surface area contributed by atoms with Crippen molar-refractivity contribution in [2.24, 2.45) is 5.92 Å². The number of benzene rings is 1. The van der Waals surface area contributed by atoms with Crippen LogP contribution in [-0.2, 0) is 16.0 Å². The number of amides is 1. The fraction of sp³-hybridized carbons (Fsp3) is 0.375. The first-order chi connectivity index (χ1) is 9.60. The predicted octanol–water partition coefficient (Wildman–Crippen LogP) is 2.24. The minimum Gasteiger partial charge on any atom is -0.480 e. The van der Waals surface area contributed by atoms with Gasteiger partial charge in [-0.3, -0.25) is 4.79 Å². The van der Waals surface area contributed by atoms with E-state index < -0.39 is 12.0 Å². The lowest BCUT2D eigenvalue weighted by Crippen LogP contribution is -2.41. The van der Waals surface area contributed by atoms with E-state index in [2.05, 4.69) is 12.2 Å². The van der Waals surface area contributed by atoms with Crippen molar-refractivity contribution in [3.05, 3.63) is 41.5 Å². The summed E-state index contributed by atoms with van der Waals surface area (Å²) in [5.74, 6) is -1.22. The number of carbonyl (C=O) groups excluding carboxylic acids is 1. The average Bonchev–Trinajstić information content (AvgIpc) is 3.27. The molecule has 1 fully saturated rings. The van der Waals surface area contributed by atoms with E-state index in [1.165, 1.54) is 11.6 Å². The maximum absolute atomic E-state index is 11.7. The molecule has 4 nitrogen and oxygen atoms in total. The lowest BCUT2D eigenvalue weighted by Gasteiger charge is -2.11. The smallest absolute Gasteiger partial charge is 0.326 e. The van der Waals surface area contributed by atoms with Crippen molar-refractivity contribution >= 4 is 18.0 Å². The van der Waals surface area contributed by atoms with Crippen LogP contribution in [0.5, 0.6) is 0 Å². The van der Waals surface area contributed by atoms with Gasteiger partial charge in [-0.15, -0.1) is 0 Å².